The Bertz CT molecular complexity index is 1030. The molecule has 0 aliphatic carbocycles. The van der Waals surface area contributed by atoms with Crippen molar-refractivity contribution in [3.8, 4) is 11.4 Å². The topological polar surface area (TPSA) is 76.4 Å². The van der Waals surface area contributed by atoms with Crippen LogP contribution >= 0.6 is 11.8 Å². The SMILES string of the molecule is CCCCc1ccc(-n2nnnc2SCC(=O)N2CCN(c3ccc(OC)cc3)CC2)cc1. The highest BCUT2D eigenvalue weighted by Gasteiger charge is 2.22. The van der Waals surface area contributed by atoms with Gasteiger partial charge in [0.05, 0.1) is 18.6 Å². The molecule has 4 rings (SSSR count). The largest absolute Gasteiger partial charge is 0.497 e. The standard InChI is InChI=1S/C24H30N6O2S/c1-3-4-5-19-6-8-21(9-7-19)30-24(25-26-27-30)33-18-23(31)29-16-14-28(15-17-29)20-10-12-22(32-2)13-11-20/h6-13H,3-5,14-18H2,1-2H3. The number of aromatic nitrogens is 4. The molecule has 0 saturated carbocycles. The van der Waals surface area contributed by atoms with Crippen molar-refractivity contribution in [1.82, 2.24) is 25.1 Å². The van der Waals surface area contributed by atoms with E-state index in [4.69, 9.17) is 4.74 Å². The average Bonchev–Trinajstić information content (AvgIpc) is 3.35. The lowest BCUT2D eigenvalue weighted by molar-refractivity contribution is -0.128. The van der Waals surface area contributed by atoms with E-state index >= 15 is 0 Å². The third-order valence-electron chi connectivity index (χ3n) is 5.84. The number of ether oxygens (including phenoxy) is 1. The Morgan fingerprint density at radius 1 is 1.00 bits per heavy atom. The third-order valence-corrected chi connectivity index (χ3v) is 6.74. The van der Waals surface area contributed by atoms with Crippen LogP contribution in [0.5, 0.6) is 5.75 Å². The molecule has 1 fully saturated rings. The van der Waals surface area contributed by atoms with Crippen LogP contribution in [0.1, 0.15) is 25.3 Å². The van der Waals surface area contributed by atoms with Gasteiger partial charge in [-0.2, -0.15) is 4.68 Å². The molecule has 0 spiro atoms. The van der Waals surface area contributed by atoms with Gasteiger partial charge in [-0.05, 0) is 65.2 Å². The van der Waals surface area contributed by atoms with Crippen LogP contribution in [-0.2, 0) is 11.2 Å². The lowest BCUT2D eigenvalue weighted by atomic mass is 10.1. The summed E-state index contributed by atoms with van der Waals surface area (Å²) in [6.45, 7) is 5.22. The third kappa shape index (κ3) is 5.84. The van der Waals surface area contributed by atoms with Crippen molar-refractivity contribution in [3.63, 3.8) is 0 Å². The fourth-order valence-electron chi connectivity index (χ4n) is 3.84. The number of rotatable bonds is 9. The van der Waals surface area contributed by atoms with Gasteiger partial charge in [0.1, 0.15) is 5.75 Å². The van der Waals surface area contributed by atoms with Crippen LogP contribution < -0.4 is 9.64 Å². The number of methoxy groups -OCH3 is 1. The van der Waals surface area contributed by atoms with Crippen LogP contribution in [0.3, 0.4) is 0 Å². The lowest BCUT2D eigenvalue weighted by Gasteiger charge is -2.36. The molecule has 0 bridgehead atoms. The quantitative estimate of drug-likeness (QED) is 0.447. The minimum absolute atomic E-state index is 0.110. The molecule has 1 aliphatic rings. The van der Waals surface area contributed by atoms with Crippen LogP contribution in [0.25, 0.3) is 5.69 Å². The number of unbranched alkanes of at least 4 members (excludes halogenated alkanes) is 1. The maximum atomic E-state index is 12.8. The van der Waals surface area contributed by atoms with Gasteiger partial charge in [-0.3, -0.25) is 4.79 Å². The van der Waals surface area contributed by atoms with Gasteiger partial charge in [0.2, 0.25) is 11.1 Å². The summed E-state index contributed by atoms with van der Waals surface area (Å²) < 4.78 is 6.93. The van der Waals surface area contributed by atoms with Crippen LogP contribution in [-0.4, -0.2) is 70.1 Å². The summed E-state index contributed by atoms with van der Waals surface area (Å²) in [5.41, 5.74) is 3.37. The number of carbonyl (C=O) groups excluding carboxylic acids is 1. The van der Waals surface area contributed by atoms with Crippen molar-refractivity contribution in [1.29, 1.82) is 0 Å². The molecule has 0 atom stereocenters. The molecule has 2 heterocycles. The second kappa shape index (κ2) is 11.2. The summed E-state index contributed by atoms with van der Waals surface area (Å²) in [4.78, 5) is 17.0. The molecule has 1 saturated heterocycles. The van der Waals surface area contributed by atoms with E-state index in [1.54, 1.807) is 11.8 Å². The normalized spacial score (nSPS) is 13.9. The smallest absolute Gasteiger partial charge is 0.233 e. The zero-order valence-corrected chi connectivity index (χ0v) is 20.0. The number of anilines is 1. The summed E-state index contributed by atoms with van der Waals surface area (Å²) in [5, 5.41) is 12.7. The van der Waals surface area contributed by atoms with E-state index < -0.39 is 0 Å². The van der Waals surface area contributed by atoms with E-state index in [9.17, 15) is 4.79 Å². The molecule has 2 aromatic carbocycles. The number of aryl methyl sites for hydroxylation is 1. The predicted octanol–water partition coefficient (Wildman–Crippen LogP) is 3.45. The van der Waals surface area contributed by atoms with Crippen molar-refractivity contribution in [2.75, 3.05) is 43.9 Å². The summed E-state index contributed by atoms with van der Waals surface area (Å²) >= 11 is 1.38. The van der Waals surface area contributed by atoms with E-state index in [1.807, 2.05) is 29.2 Å². The van der Waals surface area contributed by atoms with Gasteiger partial charge in [-0.1, -0.05) is 37.2 Å². The van der Waals surface area contributed by atoms with Crippen molar-refractivity contribution in [2.24, 2.45) is 0 Å². The van der Waals surface area contributed by atoms with Gasteiger partial charge in [0.15, 0.2) is 0 Å². The Labute approximate surface area is 198 Å². The Morgan fingerprint density at radius 2 is 1.70 bits per heavy atom. The summed E-state index contributed by atoms with van der Waals surface area (Å²) in [6.07, 6.45) is 3.44. The highest BCUT2D eigenvalue weighted by atomic mass is 32.2. The molecular weight excluding hydrogens is 436 g/mol. The number of hydrogen-bond donors (Lipinski definition) is 0. The molecule has 9 heteroatoms. The number of thioether (sulfide) groups is 1. The Hall–Kier alpha value is -3.07. The maximum Gasteiger partial charge on any atom is 0.233 e. The molecule has 0 radical (unpaired) electrons. The van der Waals surface area contributed by atoms with Crippen LogP contribution in [0, 0.1) is 0 Å². The van der Waals surface area contributed by atoms with Crippen molar-refractivity contribution in [2.45, 2.75) is 31.3 Å². The zero-order chi connectivity index (χ0) is 23.0. The number of piperazine rings is 1. The van der Waals surface area contributed by atoms with Crippen LogP contribution in [0.4, 0.5) is 5.69 Å². The Morgan fingerprint density at radius 3 is 2.36 bits per heavy atom. The first-order valence-electron chi connectivity index (χ1n) is 11.3. The highest BCUT2D eigenvalue weighted by Crippen LogP contribution is 2.22. The van der Waals surface area contributed by atoms with Crippen molar-refractivity contribution >= 4 is 23.4 Å². The highest BCUT2D eigenvalue weighted by molar-refractivity contribution is 7.99. The summed E-state index contributed by atoms with van der Waals surface area (Å²) in [7, 11) is 1.67. The van der Waals surface area contributed by atoms with Crippen molar-refractivity contribution in [3.05, 3.63) is 54.1 Å². The van der Waals surface area contributed by atoms with E-state index in [0.29, 0.717) is 24.0 Å². The van der Waals surface area contributed by atoms with Gasteiger partial charge in [0.25, 0.3) is 0 Å². The first-order valence-corrected chi connectivity index (χ1v) is 12.3. The molecule has 3 aromatic rings. The van der Waals surface area contributed by atoms with Crippen molar-refractivity contribution < 1.29 is 9.53 Å². The van der Waals surface area contributed by atoms with E-state index in [2.05, 4.69) is 51.6 Å². The number of benzene rings is 2. The summed E-state index contributed by atoms with van der Waals surface area (Å²) in [6, 6.07) is 16.4. The second-order valence-corrected chi connectivity index (χ2v) is 8.94. The Balaban J connectivity index is 1.29. The molecule has 8 nitrogen and oxygen atoms in total. The predicted molar refractivity (Wildman–Crippen MR) is 130 cm³/mol. The van der Waals surface area contributed by atoms with Crippen LogP contribution in [0.2, 0.25) is 0 Å². The van der Waals surface area contributed by atoms with Gasteiger partial charge < -0.3 is 14.5 Å². The van der Waals surface area contributed by atoms with Gasteiger partial charge in [-0.25, -0.2) is 0 Å². The fraction of sp³-hybridized carbons (Fsp3) is 0.417. The van der Waals surface area contributed by atoms with Gasteiger partial charge in [-0.15, -0.1) is 5.10 Å². The Kier molecular flexibility index (Phi) is 7.83. The van der Waals surface area contributed by atoms with Gasteiger partial charge in [0, 0.05) is 31.9 Å². The first kappa shape index (κ1) is 23.1. The molecule has 1 aromatic heterocycles. The first-order chi connectivity index (χ1) is 16.2. The molecule has 0 N–H and O–H groups in total. The van der Waals surface area contributed by atoms with Gasteiger partial charge >= 0.3 is 0 Å². The molecule has 0 unspecified atom stereocenters. The fourth-order valence-corrected chi connectivity index (χ4v) is 4.63. The number of hydrogen-bond acceptors (Lipinski definition) is 7. The van der Waals surface area contributed by atoms with E-state index in [1.165, 1.54) is 30.2 Å². The summed E-state index contributed by atoms with van der Waals surface area (Å²) in [5.74, 6) is 1.27. The number of nitrogens with zero attached hydrogens (tertiary/aromatic N) is 6. The van der Waals surface area contributed by atoms with E-state index in [-0.39, 0.29) is 5.91 Å². The van der Waals surface area contributed by atoms with E-state index in [0.717, 1.165) is 36.6 Å². The maximum absolute atomic E-state index is 12.8. The number of amides is 1. The monoisotopic (exact) mass is 466 g/mol. The molecule has 1 aliphatic heterocycles. The molecule has 33 heavy (non-hydrogen) atoms. The second-order valence-electron chi connectivity index (χ2n) is 8.00. The van der Waals surface area contributed by atoms with Crippen LogP contribution in [0.15, 0.2) is 53.7 Å². The zero-order valence-electron chi connectivity index (χ0n) is 19.2. The minimum atomic E-state index is 0.110. The average molecular weight is 467 g/mol. The lowest BCUT2D eigenvalue weighted by Crippen LogP contribution is -2.49. The molecule has 1 amide bonds. The number of carbonyl (C=O) groups is 1. The minimum Gasteiger partial charge on any atom is -0.497 e. The molecule has 174 valence electrons. The number of tetrazole rings is 1. The molecular formula is C24H30N6O2S.